The van der Waals surface area contributed by atoms with Crippen LogP contribution in [0.25, 0.3) is 0 Å². The predicted molar refractivity (Wildman–Crippen MR) is 49.3 cm³/mol. The van der Waals surface area contributed by atoms with Crippen LogP contribution in [0.2, 0.25) is 0 Å². The number of piperidine rings is 1. The van der Waals surface area contributed by atoms with E-state index in [1.165, 1.54) is 32.4 Å². The van der Waals surface area contributed by atoms with Crippen LogP contribution < -0.4 is 5.32 Å². The maximum atomic E-state index is 3.35. The first-order valence-corrected chi connectivity index (χ1v) is 4.64. The first-order chi connectivity index (χ1) is 4.93. The molecule has 1 saturated heterocycles. The Morgan fingerprint density at radius 3 is 2.10 bits per heavy atom. The van der Waals surface area contributed by atoms with Gasteiger partial charge in [0.15, 0.2) is 0 Å². The summed E-state index contributed by atoms with van der Waals surface area (Å²) < 4.78 is 0. The van der Waals surface area contributed by atoms with E-state index in [2.05, 4.69) is 12.2 Å². The molecule has 1 aliphatic rings. The van der Waals surface area contributed by atoms with E-state index in [-0.39, 0.29) is 1.43 Å². The number of hydrogen-bond donors (Lipinski definition) is 1. The zero-order valence-corrected chi connectivity index (χ0v) is 7.61. The lowest BCUT2D eigenvalue weighted by atomic mass is 9.96. The second-order valence-corrected chi connectivity index (χ2v) is 2.60. The van der Waals surface area contributed by atoms with Crippen LogP contribution >= 0.6 is 0 Å². The molecule has 0 bridgehead atoms. The number of rotatable bonds is 1. The maximum Gasteiger partial charge on any atom is 0 e. The Kier molecular flexibility index (Phi) is 7.04. The first kappa shape index (κ1) is 9.96. The quantitative estimate of drug-likeness (QED) is 0.598. The molecule has 1 aliphatic heterocycles. The van der Waals surface area contributed by atoms with Gasteiger partial charge in [-0.2, -0.15) is 0 Å². The molecule has 1 nitrogen and oxygen atoms in total. The molecule has 1 heteroatoms. The SMILES string of the molecule is CC.CCC1CCNCC1.[HH]. The van der Waals surface area contributed by atoms with Crippen LogP contribution in [0, 0.1) is 5.92 Å². The third kappa shape index (κ3) is 3.89. The number of hydrogen-bond acceptors (Lipinski definition) is 1. The minimum Gasteiger partial charge on any atom is -0.317 e. The van der Waals surface area contributed by atoms with Crippen LogP contribution in [0.15, 0.2) is 0 Å². The Bertz CT molecular complexity index is 60.6. The third-order valence-electron chi connectivity index (χ3n) is 2.04. The van der Waals surface area contributed by atoms with Gasteiger partial charge in [0.1, 0.15) is 0 Å². The van der Waals surface area contributed by atoms with Gasteiger partial charge in [-0.25, -0.2) is 0 Å². The molecule has 1 rings (SSSR count). The average molecular weight is 145 g/mol. The molecule has 0 aliphatic carbocycles. The van der Waals surface area contributed by atoms with Gasteiger partial charge in [0, 0.05) is 1.43 Å². The molecule has 0 atom stereocenters. The van der Waals surface area contributed by atoms with E-state index < -0.39 is 0 Å². The summed E-state index contributed by atoms with van der Waals surface area (Å²) in [6.07, 6.45) is 4.18. The van der Waals surface area contributed by atoms with Crippen molar-refractivity contribution in [2.45, 2.75) is 40.0 Å². The van der Waals surface area contributed by atoms with Crippen LogP contribution in [0.5, 0.6) is 0 Å². The largest absolute Gasteiger partial charge is 0.317 e. The van der Waals surface area contributed by atoms with Crippen molar-refractivity contribution in [3.05, 3.63) is 0 Å². The molecule has 1 N–H and O–H groups in total. The maximum absolute atomic E-state index is 3.35. The van der Waals surface area contributed by atoms with Crippen molar-refractivity contribution in [1.29, 1.82) is 0 Å². The van der Waals surface area contributed by atoms with Crippen LogP contribution in [-0.2, 0) is 0 Å². The minimum atomic E-state index is 0. The smallest absolute Gasteiger partial charge is 0 e. The van der Waals surface area contributed by atoms with Gasteiger partial charge in [-0.15, -0.1) is 0 Å². The Hall–Kier alpha value is -0.0400. The van der Waals surface area contributed by atoms with Crippen molar-refractivity contribution in [2.75, 3.05) is 13.1 Å². The van der Waals surface area contributed by atoms with Gasteiger partial charge >= 0.3 is 0 Å². The van der Waals surface area contributed by atoms with Gasteiger partial charge in [0.05, 0.1) is 0 Å². The molecule has 0 aromatic carbocycles. The highest BCUT2D eigenvalue weighted by atomic mass is 14.9. The van der Waals surface area contributed by atoms with Crippen molar-refractivity contribution >= 4 is 0 Å². The summed E-state index contributed by atoms with van der Waals surface area (Å²) >= 11 is 0. The summed E-state index contributed by atoms with van der Waals surface area (Å²) in [4.78, 5) is 0. The number of nitrogens with one attached hydrogen (secondary N) is 1. The molecule has 0 aromatic rings. The fourth-order valence-electron chi connectivity index (χ4n) is 1.29. The van der Waals surface area contributed by atoms with Crippen LogP contribution in [0.1, 0.15) is 41.5 Å². The third-order valence-corrected chi connectivity index (χ3v) is 2.04. The lowest BCUT2D eigenvalue weighted by Crippen LogP contribution is -2.27. The molecule has 0 saturated carbocycles. The van der Waals surface area contributed by atoms with Gasteiger partial charge in [0.2, 0.25) is 0 Å². The standard InChI is InChI=1S/C7H15N.C2H6.H2/c1-2-7-3-5-8-6-4-7;1-2;/h7-8H,2-6H2,1H3;1-2H3;1H. The summed E-state index contributed by atoms with van der Waals surface area (Å²) in [5, 5.41) is 3.35. The van der Waals surface area contributed by atoms with Crippen LogP contribution in [0.3, 0.4) is 0 Å². The molecular weight excluding hydrogens is 122 g/mol. The zero-order valence-electron chi connectivity index (χ0n) is 7.61. The Morgan fingerprint density at radius 2 is 1.80 bits per heavy atom. The second kappa shape index (κ2) is 7.07. The molecular formula is C9H23N. The van der Waals surface area contributed by atoms with E-state index in [1.807, 2.05) is 13.8 Å². The summed E-state index contributed by atoms with van der Waals surface area (Å²) in [6.45, 7) is 8.78. The van der Waals surface area contributed by atoms with E-state index in [0.29, 0.717) is 0 Å². The fourth-order valence-corrected chi connectivity index (χ4v) is 1.29. The van der Waals surface area contributed by atoms with Crippen LogP contribution in [0.4, 0.5) is 0 Å². The topological polar surface area (TPSA) is 12.0 Å². The van der Waals surface area contributed by atoms with Crippen LogP contribution in [-0.4, -0.2) is 13.1 Å². The molecule has 1 heterocycles. The molecule has 0 aromatic heterocycles. The Balaban J connectivity index is 0. The summed E-state index contributed by atoms with van der Waals surface area (Å²) in [5.41, 5.74) is 0. The van der Waals surface area contributed by atoms with E-state index >= 15 is 0 Å². The summed E-state index contributed by atoms with van der Waals surface area (Å²) in [5.74, 6) is 1.02. The van der Waals surface area contributed by atoms with Gasteiger partial charge in [-0.1, -0.05) is 27.2 Å². The average Bonchev–Trinajstić information content (AvgIpc) is 2.10. The highest BCUT2D eigenvalue weighted by molar-refractivity contribution is 4.66. The van der Waals surface area contributed by atoms with E-state index in [1.54, 1.807) is 0 Å². The molecule has 1 fully saturated rings. The molecule has 0 radical (unpaired) electrons. The monoisotopic (exact) mass is 145 g/mol. The first-order valence-electron chi connectivity index (χ1n) is 4.64. The summed E-state index contributed by atoms with van der Waals surface area (Å²) in [7, 11) is 0. The lowest BCUT2D eigenvalue weighted by Gasteiger charge is -2.20. The van der Waals surface area contributed by atoms with Gasteiger partial charge < -0.3 is 5.32 Å². The highest BCUT2D eigenvalue weighted by Gasteiger charge is 2.08. The van der Waals surface area contributed by atoms with Crippen molar-refractivity contribution in [2.24, 2.45) is 5.92 Å². The summed E-state index contributed by atoms with van der Waals surface area (Å²) in [6, 6.07) is 0. The Morgan fingerprint density at radius 1 is 1.30 bits per heavy atom. The lowest BCUT2D eigenvalue weighted by molar-refractivity contribution is 0.365. The van der Waals surface area contributed by atoms with Crippen molar-refractivity contribution < 1.29 is 1.43 Å². The molecule has 64 valence electrons. The molecule has 0 spiro atoms. The molecule has 0 unspecified atom stereocenters. The van der Waals surface area contributed by atoms with Gasteiger partial charge in [-0.05, 0) is 31.8 Å². The van der Waals surface area contributed by atoms with E-state index in [0.717, 1.165) is 5.92 Å². The van der Waals surface area contributed by atoms with E-state index in [4.69, 9.17) is 0 Å². The van der Waals surface area contributed by atoms with Gasteiger partial charge in [0.25, 0.3) is 0 Å². The minimum absolute atomic E-state index is 0. The second-order valence-electron chi connectivity index (χ2n) is 2.60. The van der Waals surface area contributed by atoms with Crippen molar-refractivity contribution in [1.82, 2.24) is 5.32 Å². The van der Waals surface area contributed by atoms with Crippen molar-refractivity contribution in [3.8, 4) is 0 Å². The van der Waals surface area contributed by atoms with Crippen molar-refractivity contribution in [3.63, 3.8) is 0 Å². The fraction of sp³-hybridized carbons (Fsp3) is 1.00. The molecule has 10 heavy (non-hydrogen) atoms. The Labute approximate surface area is 66.7 Å². The normalized spacial score (nSPS) is 19.5. The molecule has 0 amide bonds. The highest BCUT2D eigenvalue weighted by Crippen LogP contribution is 2.13. The zero-order chi connectivity index (χ0) is 7.82. The van der Waals surface area contributed by atoms with Gasteiger partial charge in [-0.3, -0.25) is 0 Å². The predicted octanol–water partition coefficient (Wildman–Crippen LogP) is 2.67. The van der Waals surface area contributed by atoms with E-state index in [9.17, 15) is 0 Å².